The van der Waals surface area contributed by atoms with Gasteiger partial charge < -0.3 is 5.32 Å². The van der Waals surface area contributed by atoms with Gasteiger partial charge in [-0.15, -0.1) is 16.4 Å². The minimum atomic E-state index is -4.42. The van der Waals surface area contributed by atoms with Crippen LogP contribution in [0.5, 0.6) is 0 Å². The third-order valence-electron chi connectivity index (χ3n) is 4.32. The van der Waals surface area contributed by atoms with Gasteiger partial charge in [0.2, 0.25) is 4.96 Å². The first-order valence-corrected chi connectivity index (χ1v) is 9.64. The van der Waals surface area contributed by atoms with Gasteiger partial charge in [-0.2, -0.15) is 18.2 Å². The van der Waals surface area contributed by atoms with E-state index in [-0.39, 0.29) is 5.56 Å². The van der Waals surface area contributed by atoms with Gasteiger partial charge in [-0.25, -0.2) is 4.52 Å². The second kappa shape index (κ2) is 7.67. The van der Waals surface area contributed by atoms with Crippen LogP contribution in [0.25, 0.3) is 16.3 Å². The van der Waals surface area contributed by atoms with Gasteiger partial charge >= 0.3 is 6.18 Å². The van der Waals surface area contributed by atoms with Crippen molar-refractivity contribution in [3.63, 3.8) is 0 Å². The molecule has 2 heterocycles. The molecule has 0 aliphatic carbocycles. The molecular formula is C20H15F3N4OS. The summed E-state index contributed by atoms with van der Waals surface area (Å²) in [4.78, 5) is 17.4. The average molecular weight is 416 g/mol. The number of rotatable bonds is 5. The minimum absolute atomic E-state index is 0.181. The Kier molecular flexibility index (Phi) is 5.06. The third kappa shape index (κ3) is 4.14. The van der Waals surface area contributed by atoms with E-state index in [1.807, 2.05) is 35.7 Å². The number of aromatic nitrogens is 3. The highest BCUT2D eigenvalue weighted by molar-refractivity contribution is 7.15. The second-order valence-electron chi connectivity index (χ2n) is 6.30. The Morgan fingerprint density at radius 2 is 1.79 bits per heavy atom. The number of benzene rings is 2. The van der Waals surface area contributed by atoms with Crippen LogP contribution in [0.4, 0.5) is 13.2 Å². The average Bonchev–Trinajstić information content (AvgIpc) is 3.30. The molecule has 0 saturated carbocycles. The van der Waals surface area contributed by atoms with E-state index in [1.165, 1.54) is 23.5 Å². The molecule has 1 N–H and O–H groups in total. The standard InChI is InChI=1S/C20H15F3N4OS/c21-20(22,23)15-8-6-14(7-9-15)18(28)24-11-10-16-12-29-19-25-17(26-27(16)19)13-4-2-1-3-5-13/h1-9,12H,10-11H2,(H,24,28). The molecule has 0 spiro atoms. The van der Waals surface area contributed by atoms with Crippen molar-refractivity contribution in [3.8, 4) is 11.4 Å². The second-order valence-corrected chi connectivity index (χ2v) is 7.14. The van der Waals surface area contributed by atoms with E-state index in [0.29, 0.717) is 18.8 Å². The quantitative estimate of drug-likeness (QED) is 0.523. The largest absolute Gasteiger partial charge is 0.416 e. The SMILES string of the molecule is O=C(NCCc1csc2nc(-c3ccccc3)nn12)c1ccc(C(F)(F)F)cc1. The summed E-state index contributed by atoms with van der Waals surface area (Å²) in [6, 6.07) is 13.8. The summed E-state index contributed by atoms with van der Waals surface area (Å²) in [5.41, 5.74) is 1.22. The third-order valence-corrected chi connectivity index (χ3v) is 5.19. The smallest absolute Gasteiger partial charge is 0.352 e. The molecule has 2 aromatic carbocycles. The molecule has 2 aromatic heterocycles. The fraction of sp³-hybridized carbons (Fsp3) is 0.150. The molecule has 0 unspecified atom stereocenters. The molecule has 148 valence electrons. The van der Waals surface area contributed by atoms with Crippen LogP contribution in [-0.4, -0.2) is 27.0 Å². The Morgan fingerprint density at radius 1 is 1.07 bits per heavy atom. The molecule has 5 nitrogen and oxygen atoms in total. The summed E-state index contributed by atoms with van der Waals surface area (Å²) in [5.74, 6) is 0.209. The number of fused-ring (bicyclic) bond motifs is 1. The lowest BCUT2D eigenvalue weighted by Crippen LogP contribution is -2.26. The Labute approximate surface area is 167 Å². The monoisotopic (exact) mass is 416 g/mol. The van der Waals surface area contributed by atoms with Gasteiger partial charge in [-0.1, -0.05) is 30.3 Å². The number of carbonyl (C=O) groups is 1. The molecule has 4 aromatic rings. The number of thiazole rings is 1. The highest BCUT2D eigenvalue weighted by Gasteiger charge is 2.30. The van der Waals surface area contributed by atoms with Crippen LogP contribution >= 0.6 is 11.3 Å². The molecule has 0 fully saturated rings. The number of hydrogen-bond donors (Lipinski definition) is 1. The summed E-state index contributed by atoms with van der Waals surface area (Å²) >= 11 is 1.46. The zero-order valence-electron chi connectivity index (χ0n) is 15.0. The predicted molar refractivity (Wildman–Crippen MR) is 104 cm³/mol. The molecule has 4 rings (SSSR count). The highest BCUT2D eigenvalue weighted by atomic mass is 32.1. The lowest BCUT2D eigenvalue weighted by atomic mass is 10.1. The summed E-state index contributed by atoms with van der Waals surface area (Å²) in [6.07, 6.45) is -3.90. The zero-order chi connectivity index (χ0) is 20.4. The van der Waals surface area contributed by atoms with E-state index < -0.39 is 17.6 Å². The maximum absolute atomic E-state index is 12.6. The lowest BCUT2D eigenvalue weighted by molar-refractivity contribution is -0.137. The Balaban J connectivity index is 1.40. The lowest BCUT2D eigenvalue weighted by Gasteiger charge is -2.08. The predicted octanol–water partition coefficient (Wildman–Crippen LogP) is 4.45. The molecule has 9 heteroatoms. The van der Waals surface area contributed by atoms with Crippen LogP contribution in [0.1, 0.15) is 21.6 Å². The molecule has 0 atom stereocenters. The summed E-state index contributed by atoms with van der Waals surface area (Å²) in [5, 5.41) is 9.17. The van der Waals surface area contributed by atoms with Gasteiger partial charge in [0, 0.05) is 29.5 Å². The van der Waals surface area contributed by atoms with E-state index in [4.69, 9.17) is 0 Å². The molecule has 0 saturated heterocycles. The van der Waals surface area contributed by atoms with Crippen molar-refractivity contribution < 1.29 is 18.0 Å². The molecule has 0 bridgehead atoms. The number of nitrogens with one attached hydrogen (secondary N) is 1. The van der Waals surface area contributed by atoms with Crippen LogP contribution in [0.2, 0.25) is 0 Å². The number of halogens is 3. The fourth-order valence-electron chi connectivity index (χ4n) is 2.82. The van der Waals surface area contributed by atoms with E-state index >= 15 is 0 Å². The van der Waals surface area contributed by atoms with E-state index in [2.05, 4.69) is 15.4 Å². The molecule has 0 radical (unpaired) electrons. The van der Waals surface area contributed by atoms with Crippen LogP contribution < -0.4 is 5.32 Å². The van der Waals surface area contributed by atoms with Crippen molar-refractivity contribution in [3.05, 3.63) is 76.8 Å². The van der Waals surface area contributed by atoms with Crippen LogP contribution in [0.3, 0.4) is 0 Å². The van der Waals surface area contributed by atoms with E-state index in [9.17, 15) is 18.0 Å². The van der Waals surface area contributed by atoms with Gasteiger partial charge in [0.25, 0.3) is 5.91 Å². The zero-order valence-corrected chi connectivity index (χ0v) is 15.8. The van der Waals surface area contributed by atoms with Crippen LogP contribution in [0.15, 0.2) is 60.0 Å². The number of nitrogens with zero attached hydrogens (tertiary/aromatic N) is 3. The maximum atomic E-state index is 12.6. The first-order valence-electron chi connectivity index (χ1n) is 8.76. The van der Waals surface area contributed by atoms with Gasteiger partial charge in [0.1, 0.15) is 0 Å². The van der Waals surface area contributed by atoms with Crippen molar-refractivity contribution >= 4 is 22.2 Å². The van der Waals surface area contributed by atoms with Crippen molar-refractivity contribution in [2.24, 2.45) is 0 Å². The number of alkyl halides is 3. The van der Waals surface area contributed by atoms with Crippen molar-refractivity contribution in [1.82, 2.24) is 19.9 Å². The van der Waals surface area contributed by atoms with Gasteiger partial charge in [-0.3, -0.25) is 4.79 Å². The fourth-order valence-corrected chi connectivity index (χ4v) is 3.68. The van der Waals surface area contributed by atoms with Gasteiger partial charge in [0.15, 0.2) is 5.82 Å². The van der Waals surface area contributed by atoms with E-state index in [1.54, 1.807) is 4.52 Å². The first-order chi connectivity index (χ1) is 13.9. The normalized spacial score (nSPS) is 11.7. The minimum Gasteiger partial charge on any atom is -0.352 e. The van der Waals surface area contributed by atoms with Crippen molar-refractivity contribution in [2.45, 2.75) is 12.6 Å². The summed E-state index contributed by atoms with van der Waals surface area (Å²) < 4.78 is 39.6. The maximum Gasteiger partial charge on any atom is 0.416 e. The number of hydrogen-bond acceptors (Lipinski definition) is 4. The first kappa shape index (κ1) is 19.1. The van der Waals surface area contributed by atoms with Crippen LogP contribution in [-0.2, 0) is 12.6 Å². The molecule has 0 aliphatic rings. The summed E-state index contributed by atoms with van der Waals surface area (Å²) in [7, 11) is 0. The van der Waals surface area contributed by atoms with Crippen molar-refractivity contribution in [1.29, 1.82) is 0 Å². The number of amides is 1. The van der Waals surface area contributed by atoms with Gasteiger partial charge in [0.05, 0.1) is 11.3 Å². The molecular weight excluding hydrogens is 401 g/mol. The van der Waals surface area contributed by atoms with Crippen molar-refractivity contribution in [2.75, 3.05) is 6.54 Å². The van der Waals surface area contributed by atoms with Crippen LogP contribution in [0, 0.1) is 0 Å². The van der Waals surface area contributed by atoms with Gasteiger partial charge in [-0.05, 0) is 24.3 Å². The Morgan fingerprint density at radius 3 is 2.48 bits per heavy atom. The topological polar surface area (TPSA) is 59.3 Å². The highest BCUT2D eigenvalue weighted by Crippen LogP contribution is 2.29. The number of carbonyl (C=O) groups excluding carboxylic acids is 1. The Bertz CT molecular complexity index is 1130. The summed E-state index contributed by atoms with van der Waals surface area (Å²) in [6.45, 7) is 0.326. The molecule has 1 amide bonds. The molecule has 0 aliphatic heterocycles. The Hall–Kier alpha value is -3.20. The molecule has 29 heavy (non-hydrogen) atoms. The van der Waals surface area contributed by atoms with E-state index in [0.717, 1.165) is 28.4 Å².